The molecule has 2 bridgehead atoms. The van der Waals surface area contributed by atoms with E-state index >= 15 is 0 Å². The molecule has 4 heterocycles. The van der Waals surface area contributed by atoms with Crippen LogP contribution in [0.15, 0.2) is 18.3 Å². The van der Waals surface area contributed by atoms with E-state index in [0.29, 0.717) is 24.8 Å². The van der Waals surface area contributed by atoms with Crippen molar-refractivity contribution in [3.63, 3.8) is 0 Å². The molecule has 0 aromatic carbocycles. The van der Waals surface area contributed by atoms with Gasteiger partial charge in [-0.05, 0) is 38.2 Å². The van der Waals surface area contributed by atoms with Gasteiger partial charge in [-0.3, -0.25) is 9.59 Å². The van der Waals surface area contributed by atoms with Gasteiger partial charge in [0.25, 0.3) is 0 Å². The Morgan fingerprint density at radius 2 is 2.04 bits per heavy atom. The fourth-order valence-electron chi connectivity index (χ4n) is 4.58. The first-order valence-corrected chi connectivity index (χ1v) is 9.38. The van der Waals surface area contributed by atoms with Gasteiger partial charge in [-0.2, -0.15) is 0 Å². The van der Waals surface area contributed by atoms with E-state index in [1.807, 2.05) is 4.90 Å². The van der Waals surface area contributed by atoms with Crippen molar-refractivity contribution in [3.8, 4) is 5.88 Å². The van der Waals surface area contributed by atoms with E-state index in [4.69, 9.17) is 9.47 Å². The molecular weight excluding hydrogens is 334 g/mol. The Bertz CT molecular complexity index is 672. The number of aromatic nitrogens is 1. The summed E-state index contributed by atoms with van der Waals surface area (Å²) in [5.74, 6) is 0.631. The summed E-state index contributed by atoms with van der Waals surface area (Å²) in [5, 5.41) is 2.94. The first-order valence-electron chi connectivity index (χ1n) is 9.38. The van der Waals surface area contributed by atoms with Crippen molar-refractivity contribution in [1.82, 2.24) is 9.88 Å². The number of rotatable bonds is 4. The van der Waals surface area contributed by atoms with E-state index in [-0.39, 0.29) is 35.7 Å². The lowest BCUT2D eigenvalue weighted by atomic mass is 9.88. The first-order chi connectivity index (χ1) is 12.7. The highest BCUT2D eigenvalue weighted by Crippen LogP contribution is 2.43. The number of carbonyl (C=O) groups excluding carboxylic acids is 2. The zero-order valence-electron chi connectivity index (χ0n) is 15.0. The molecule has 3 atom stereocenters. The maximum atomic E-state index is 13.0. The Labute approximate surface area is 153 Å². The number of anilines is 1. The Balaban J connectivity index is 1.41. The summed E-state index contributed by atoms with van der Waals surface area (Å²) in [6.45, 7) is 1.32. The summed E-state index contributed by atoms with van der Waals surface area (Å²) < 4.78 is 10.4. The molecule has 4 rings (SSSR count). The van der Waals surface area contributed by atoms with Gasteiger partial charge in [-0.25, -0.2) is 4.98 Å². The van der Waals surface area contributed by atoms with Gasteiger partial charge < -0.3 is 19.7 Å². The van der Waals surface area contributed by atoms with Crippen LogP contribution in [0.1, 0.15) is 32.1 Å². The standard InChI is InChI=1S/C19H25N3O4/c1-25-17-5-2-13(11-20-17)21-18(23)15-10-14-3-4-16(15)22(14)19(24)12-6-8-26-9-7-12/h2,5,11-12,14-16H,3-4,6-10H2,1H3,(H,21,23)/t14-,15-,16-/m1/s1. The fourth-order valence-corrected chi connectivity index (χ4v) is 4.58. The zero-order chi connectivity index (χ0) is 18.1. The monoisotopic (exact) mass is 359 g/mol. The van der Waals surface area contributed by atoms with Gasteiger partial charge in [-0.15, -0.1) is 0 Å². The molecule has 140 valence electrons. The zero-order valence-corrected chi connectivity index (χ0v) is 15.0. The first kappa shape index (κ1) is 17.3. The van der Waals surface area contributed by atoms with Crippen LogP contribution in [0.25, 0.3) is 0 Å². The van der Waals surface area contributed by atoms with Crippen molar-refractivity contribution >= 4 is 17.5 Å². The van der Waals surface area contributed by atoms with E-state index in [2.05, 4.69) is 10.3 Å². The van der Waals surface area contributed by atoms with Crippen LogP contribution in [0, 0.1) is 11.8 Å². The van der Waals surface area contributed by atoms with Crippen molar-refractivity contribution < 1.29 is 19.1 Å². The molecule has 7 heteroatoms. The van der Waals surface area contributed by atoms with Gasteiger partial charge in [0, 0.05) is 37.3 Å². The van der Waals surface area contributed by atoms with E-state index in [0.717, 1.165) is 32.1 Å². The average Bonchev–Trinajstić information content (AvgIpc) is 3.27. The molecule has 3 saturated heterocycles. The van der Waals surface area contributed by atoms with Gasteiger partial charge in [0.1, 0.15) is 0 Å². The number of nitrogens with one attached hydrogen (secondary N) is 1. The molecule has 0 unspecified atom stereocenters. The van der Waals surface area contributed by atoms with Crippen molar-refractivity contribution in [3.05, 3.63) is 18.3 Å². The predicted octanol–water partition coefficient (Wildman–Crippen LogP) is 1.83. The van der Waals surface area contributed by atoms with Crippen LogP contribution in [0.3, 0.4) is 0 Å². The summed E-state index contributed by atoms with van der Waals surface area (Å²) >= 11 is 0. The number of pyridine rings is 1. The molecule has 1 aromatic heterocycles. The van der Waals surface area contributed by atoms with Crippen LogP contribution >= 0.6 is 0 Å². The molecular formula is C19H25N3O4. The second-order valence-electron chi connectivity index (χ2n) is 7.35. The molecule has 2 amide bonds. The summed E-state index contributed by atoms with van der Waals surface area (Å²) in [6.07, 6.45) is 5.86. The quantitative estimate of drug-likeness (QED) is 0.887. The molecule has 0 radical (unpaired) electrons. The molecule has 1 aromatic rings. The van der Waals surface area contributed by atoms with Crippen molar-refractivity contribution in [2.75, 3.05) is 25.6 Å². The minimum absolute atomic E-state index is 0.0195. The van der Waals surface area contributed by atoms with Crippen molar-refractivity contribution in [2.24, 2.45) is 11.8 Å². The Kier molecular flexibility index (Phi) is 4.80. The molecule has 3 fully saturated rings. The topological polar surface area (TPSA) is 80.8 Å². The fraction of sp³-hybridized carbons (Fsp3) is 0.632. The van der Waals surface area contributed by atoms with E-state index in [1.165, 1.54) is 0 Å². The molecule has 0 aliphatic carbocycles. The summed E-state index contributed by atoms with van der Waals surface area (Å²) in [5.41, 5.74) is 0.654. The Morgan fingerprint density at radius 1 is 1.23 bits per heavy atom. The van der Waals surface area contributed by atoms with E-state index in [9.17, 15) is 9.59 Å². The second kappa shape index (κ2) is 7.23. The van der Waals surface area contributed by atoms with Crippen LogP contribution < -0.4 is 10.1 Å². The number of carbonyl (C=O) groups is 2. The number of hydrogen-bond acceptors (Lipinski definition) is 5. The van der Waals surface area contributed by atoms with E-state index < -0.39 is 0 Å². The van der Waals surface area contributed by atoms with Crippen LogP contribution in [-0.4, -0.2) is 54.1 Å². The Morgan fingerprint density at radius 3 is 2.73 bits per heavy atom. The molecule has 7 nitrogen and oxygen atoms in total. The highest BCUT2D eigenvalue weighted by atomic mass is 16.5. The third-order valence-electron chi connectivity index (χ3n) is 5.91. The minimum atomic E-state index is -0.139. The van der Waals surface area contributed by atoms with Crippen molar-refractivity contribution in [2.45, 2.75) is 44.2 Å². The largest absolute Gasteiger partial charge is 0.481 e. The maximum Gasteiger partial charge on any atom is 0.229 e. The molecule has 3 aliphatic rings. The van der Waals surface area contributed by atoms with E-state index in [1.54, 1.807) is 25.4 Å². The summed E-state index contributed by atoms with van der Waals surface area (Å²) in [4.78, 5) is 31.9. The average molecular weight is 359 g/mol. The number of amides is 2. The molecule has 26 heavy (non-hydrogen) atoms. The normalized spacial score (nSPS) is 28.2. The summed E-state index contributed by atoms with van der Waals surface area (Å²) in [6, 6.07) is 3.74. The number of fused-ring (bicyclic) bond motifs is 2. The summed E-state index contributed by atoms with van der Waals surface area (Å²) in [7, 11) is 1.56. The number of methoxy groups -OCH3 is 1. The number of hydrogen-bond donors (Lipinski definition) is 1. The lowest BCUT2D eigenvalue weighted by Crippen LogP contribution is -2.43. The molecule has 1 N–H and O–H groups in total. The highest BCUT2D eigenvalue weighted by Gasteiger charge is 2.52. The SMILES string of the molecule is COc1ccc(NC(=O)[C@@H]2C[C@H]3CC[C@H]2N3C(=O)C2CCOCC2)cn1. The van der Waals surface area contributed by atoms with Gasteiger partial charge in [0.05, 0.1) is 24.9 Å². The molecule has 0 spiro atoms. The van der Waals surface area contributed by atoms with Gasteiger partial charge in [-0.1, -0.05) is 0 Å². The highest BCUT2D eigenvalue weighted by molar-refractivity contribution is 5.94. The lowest BCUT2D eigenvalue weighted by molar-refractivity contribution is -0.140. The third-order valence-corrected chi connectivity index (χ3v) is 5.91. The lowest BCUT2D eigenvalue weighted by Gasteiger charge is -2.30. The maximum absolute atomic E-state index is 13.0. The van der Waals surface area contributed by atoms with Gasteiger partial charge >= 0.3 is 0 Å². The smallest absolute Gasteiger partial charge is 0.229 e. The number of nitrogens with zero attached hydrogens (tertiary/aromatic N) is 2. The predicted molar refractivity (Wildman–Crippen MR) is 94.7 cm³/mol. The molecule has 0 saturated carbocycles. The Hall–Kier alpha value is -2.15. The van der Waals surface area contributed by atoms with Gasteiger partial charge in [0.15, 0.2) is 0 Å². The minimum Gasteiger partial charge on any atom is -0.481 e. The van der Waals surface area contributed by atoms with Crippen LogP contribution in [-0.2, 0) is 14.3 Å². The van der Waals surface area contributed by atoms with Crippen molar-refractivity contribution in [1.29, 1.82) is 0 Å². The van der Waals surface area contributed by atoms with Crippen LogP contribution in [0.2, 0.25) is 0 Å². The second-order valence-corrected chi connectivity index (χ2v) is 7.35. The molecule has 3 aliphatic heterocycles. The van der Waals surface area contributed by atoms with Gasteiger partial charge in [0.2, 0.25) is 17.7 Å². The number of ether oxygens (including phenoxy) is 2. The van der Waals surface area contributed by atoms with Crippen LogP contribution in [0.5, 0.6) is 5.88 Å². The van der Waals surface area contributed by atoms with Crippen LogP contribution in [0.4, 0.5) is 5.69 Å². The third kappa shape index (κ3) is 3.16.